The molecule has 1 aliphatic rings. The molecule has 0 spiro atoms. The molecule has 0 radical (unpaired) electrons. The average Bonchev–Trinajstić information content (AvgIpc) is 2.48. The first kappa shape index (κ1) is 16.9. The van der Waals surface area contributed by atoms with Crippen molar-refractivity contribution in [3.8, 4) is 0 Å². The van der Waals surface area contributed by atoms with Crippen LogP contribution < -0.4 is 0 Å². The second-order valence-electron chi connectivity index (χ2n) is 5.00. The Labute approximate surface area is 123 Å². The molecular weight excluding hydrogens is 248 g/mol. The van der Waals surface area contributed by atoms with Gasteiger partial charge in [-0.2, -0.15) is 0 Å². The highest BCUT2D eigenvalue weighted by molar-refractivity contribution is 5.02. The minimum atomic E-state index is -0.376. The van der Waals surface area contributed by atoms with Crippen molar-refractivity contribution in [1.82, 2.24) is 0 Å². The molecule has 0 bridgehead atoms. The summed E-state index contributed by atoms with van der Waals surface area (Å²) in [6.07, 6.45) is 21.8. The molecule has 0 atom stereocenters. The molecule has 1 rings (SSSR count). The first-order valence-electron chi connectivity index (χ1n) is 7.66. The fourth-order valence-corrected chi connectivity index (χ4v) is 2.31. The molecular formula is C18H28O2. The van der Waals surface area contributed by atoms with E-state index in [1.54, 1.807) is 0 Å². The van der Waals surface area contributed by atoms with Gasteiger partial charge in [0.25, 0.3) is 0 Å². The molecule has 0 saturated heterocycles. The van der Waals surface area contributed by atoms with E-state index in [0.29, 0.717) is 13.2 Å². The summed E-state index contributed by atoms with van der Waals surface area (Å²) >= 11 is 0. The zero-order valence-electron chi connectivity index (χ0n) is 12.9. The van der Waals surface area contributed by atoms with Gasteiger partial charge in [0.15, 0.2) is 5.79 Å². The Kier molecular flexibility index (Phi) is 9.01. The average molecular weight is 276 g/mol. The molecule has 0 N–H and O–H groups in total. The molecule has 0 aromatic heterocycles. The SMILES string of the molecule is C/C=C/C=C/COC1(OC/C=C/C=C/C)CCCCC1. The second kappa shape index (κ2) is 10.6. The summed E-state index contributed by atoms with van der Waals surface area (Å²) in [6.45, 7) is 5.24. The highest BCUT2D eigenvalue weighted by Gasteiger charge is 2.33. The van der Waals surface area contributed by atoms with Gasteiger partial charge < -0.3 is 9.47 Å². The molecule has 0 unspecified atom stereocenters. The van der Waals surface area contributed by atoms with Gasteiger partial charge >= 0.3 is 0 Å². The topological polar surface area (TPSA) is 18.5 Å². The smallest absolute Gasteiger partial charge is 0.169 e. The molecule has 112 valence electrons. The predicted octanol–water partition coefficient (Wildman–Crippen LogP) is 4.94. The van der Waals surface area contributed by atoms with Crippen molar-refractivity contribution < 1.29 is 9.47 Å². The van der Waals surface area contributed by atoms with Gasteiger partial charge in [0.1, 0.15) is 0 Å². The maximum atomic E-state index is 6.03. The van der Waals surface area contributed by atoms with E-state index in [2.05, 4.69) is 0 Å². The van der Waals surface area contributed by atoms with Crippen LogP contribution in [0.15, 0.2) is 48.6 Å². The summed E-state index contributed by atoms with van der Waals surface area (Å²) in [6, 6.07) is 0. The van der Waals surface area contributed by atoms with E-state index in [9.17, 15) is 0 Å². The Morgan fingerprint density at radius 3 is 1.70 bits per heavy atom. The highest BCUT2D eigenvalue weighted by atomic mass is 16.7. The number of rotatable bonds is 8. The van der Waals surface area contributed by atoms with Crippen molar-refractivity contribution in [2.75, 3.05) is 13.2 Å². The van der Waals surface area contributed by atoms with Crippen molar-refractivity contribution >= 4 is 0 Å². The Morgan fingerprint density at radius 2 is 1.25 bits per heavy atom. The van der Waals surface area contributed by atoms with Crippen molar-refractivity contribution in [1.29, 1.82) is 0 Å². The fraction of sp³-hybridized carbons (Fsp3) is 0.556. The molecule has 0 aromatic carbocycles. The standard InChI is InChI=1S/C18H28O2/c1-3-5-7-12-16-19-18(14-10-9-11-15-18)20-17-13-8-6-4-2/h3-8,12-13H,9-11,14-17H2,1-2H3/b5-3+,6-4+,12-7+,13-8+. The van der Waals surface area contributed by atoms with E-state index >= 15 is 0 Å². The predicted molar refractivity (Wildman–Crippen MR) is 85.6 cm³/mol. The van der Waals surface area contributed by atoms with E-state index in [4.69, 9.17) is 9.47 Å². The molecule has 0 aliphatic heterocycles. The highest BCUT2D eigenvalue weighted by Crippen LogP contribution is 2.32. The van der Waals surface area contributed by atoms with Crippen molar-refractivity contribution in [2.45, 2.75) is 51.7 Å². The summed E-state index contributed by atoms with van der Waals surface area (Å²) < 4.78 is 12.1. The van der Waals surface area contributed by atoms with Crippen LogP contribution in [0, 0.1) is 0 Å². The molecule has 1 fully saturated rings. The Hall–Kier alpha value is -1.12. The molecule has 0 aromatic rings. The molecule has 1 aliphatic carbocycles. The summed E-state index contributed by atoms with van der Waals surface area (Å²) in [5.41, 5.74) is 0. The van der Waals surface area contributed by atoms with Crippen LogP contribution in [0.5, 0.6) is 0 Å². The van der Waals surface area contributed by atoms with Gasteiger partial charge in [-0.15, -0.1) is 0 Å². The quantitative estimate of drug-likeness (QED) is 0.461. The van der Waals surface area contributed by atoms with Crippen LogP contribution >= 0.6 is 0 Å². The normalized spacial score (nSPS) is 19.9. The van der Waals surface area contributed by atoms with E-state index in [-0.39, 0.29) is 5.79 Å². The lowest BCUT2D eigenvalue weighted by Gasteiger charge is -2.36. The minimum Gasteiger partial charge on any atom is -0.346 e. The van der Waals surface area contributed by atoms with Gasteiger partial charge in [-0.05, 0) is 26.7 Å². The zero-order chi connectivity index (χ0) is 14.5. The molecule has 1 saturated carbocycles. The zero-order valence-corrected chi connectivity index (χ0v) is 12.9. The maximum absolute atomic E-state index is 6.03. The summed E-state index contributed by atoms with van der Waals surface area (Å²) in [7, 11) is 0. The molecule has 2 heteroatoms. The largest absolute Gasteiger partial charge is 0.346 e. The Balaban J connectivity index is 2.44. The summed E-state index contributed by atoms with van der Waals surface area (Å²) in [4.78, 5) is 0. The Bertz CT molecular complexity index is 316. The molecule has 20 heavy (non-hydrogen) atoms. The van der Waals surface area contributed by atoms with Crippen LogP contribution in [0.25, 0.3) is 0 Å². The van der Waals surface area contributed by atoms with Crippen LogP contribution in [0.3, 0.4) is 0 Å². The third-order valence-corrected chi connectivity index (χ3v) is 3.38. The second-order valence-corrected chi connectivity index (χ2v) is 5.00. The van der Waals surface area contributed by atoms with Gasteiger partial charge in [-0.3, -0.25) is 0 Å². The van der Waals surface area contributed by atoms with Gasteiger partial charge in [-0.1, -0.05) is 55.0 Å². The number of ether oxygens (including phenoxy) is 2. The van der Waals surface area contributed by atoms with Gasteiger partial charge in [0.05, 0.1) is 13.2 Å². The van der Waals surface area contributed by atoms with Crippen molar-refractivity contribution in [3.05, 3.63) is 48.6 Å². The minimum absolute atomic E-state index is 0.376. The van der Waals surface area contributed by atoms with Gasteiger partial charge in [0, 0.05) is 12.8 Å². The summed E-state index contributed by atoms with van der Waals surface area (Å²) in [5, 5.41) is 0. The fourth-order valence-electron chi connectivity index (χ4n) is 2.31. The third-order valence-electron chi connectivity index (χ3n) is 3.38. The van der Waals surface area contributed by atoms with Crippen LogP contribution in [0.2, 0.25) is 0 Å². The van der Waals surface area contributed by atoms with E-state index in [1.165, 1.54) is 19.3 Å². The monoisotopic (exact) mass is 276 g/mol. The van der Waals surface area contributed by atoms with Crippen molar-refractivity contribution in [3.63, 3.8) is 0 Å². The lowest BCUT2D eigenvalue weighted by atomic mass is 9.94. The number of hydrogen-bond donors (Lipinski definition) is 0. The molecule has 0 heterocycles. The van der Waals surface area contributed by atoms with Crippen LogP contribution in [0.4, 0.5) is 0 Å². The molecule has 2 nitrogen and oxygen atoms in total. The lowest BCUT2D eigenvalue weighted by Crippen LogP contribution is -2.38. The Morgan fingerprint density at radius 1 is 0.750 bits per heavy atom. The lowest BCUT2D eigenvalue weighted by molar-refractivity contribution is -0.241. The number of allylic oxidation sites excluding steroid dienone is 6. The van der Waals surface area contributed by atoms with Crippen LogP contribution in [-0.2, 0) is 9.47 Å². The van der Waals surface area contributed by atoms with E-state index in [1.807, 2.05) is 62.5 Å². The number of hydrogen-bond acceptors (Lipinski definition) is 2. The molecule has 0 amide bonds. The van der Waals surface area contributed by atoms with E-state index in [0.717, 1.165) is 12.8 Å². The first-order chi connectivity index (χ1) is 9.83. The van der Waals surface area contributed by atoms with Crippen LogP contribution in [0.1, 0.15) is 46.0 Å². The van der Waals surface area contributed by atoms with Crippen LogP contribution in [-0.4, -0.2) is 19.0 Å². The van der Waals surface area contributed by atoms with Gasteiger partial charge in [0.2, 0.25) is 0 Å². The van der Waals surface area contributed by atoms with Gasteiger partial charge in [-0.25, -0.2) is 0 Å². The summed E-state index contributed by atoms with van der Waals surface area (Å²) in [5.74, 6) is -0.376. The maximum Gasteiger partial charge on any atom is 0.169 e. The van der Waals surface area contributed by atoms with Crippen molar-refractivity contribution in [2.24, 2.45) is 0 Å². The van der Waals surface area contributed by atoms with E-state index < -0.39 is 0 Å². The first-order valence-corrected chi connectivity index (χ1v) is 7.66. The third kappa shape index (κ3) is 6.88.